The van der Waals surface area contributed by atoms with Crippen LogP contribution in [0.25, 0.3) is 0 Å². The fourth-order valence-electron chi connectivity index (χ4n) is 8.57. The van der Waals surface area contributed by atoms with E-state index in [0.29, 0.717) is 12.8 Å². The molecule has 3 N–H and O–H groups in total. The van der Waals surface area contributed by atoms with Crippen molar-refractivity contribution < 1.29 is 15.0 Å². The zero-order valence-electron chi connectivity index (χ0n) is 42.3. The zero-order chi connectivity index (χ0) is 45.6. The molecule has 2 unspecified atom stereocenters. The molecule has 0 aliphatic carbocycles. The van der Waals surface area contributed by atoms with Gasteiger partial charge in [-0.3, -0.25) is 4.79 Å². The second-order valence-electron chi connectivity index (χ2n) is 19.0. The minimum Gasteiger partial charge on any atom is -0.394 e. The molecule has 0 heterocycles. The van der Waals surface area contributed by atoms with E-state index in [0.717, 1.165) is 57.8 Å². The fourth-order valence-corrected chi connectivity index (χ4v) is 8.57. The molecule has 4 nitrogen and oxygen atoms in total. The van der Waals surface area contributed by atoms with Crippen LogP contribution in [0.15, 0.2) is 60.8 Å². The summed E-state index contributed by atoms with van der Waals surface area (Å²) < 4.78 is 0. The number of nitrogens with one attached hydrogen (secondary N) is 1. The molecule has 0 saturated heterocycles. The first-order chi connectivity index (χ1) is 31.2. The van der Waals surface area contributed by atoms with Gasteiger partial charge in [-0.15, -0.1) is 0 Å². The summed E-state index contributed by atoms with van der Waals surface area (Å²) in [6.45, 7) is 4.27. The van der Waals surface area contributed by atoms with Crippen LogP contribution in [0.1, 0.15) is 290 Å². The highest BCUT2D eigenvalue weighted by atomic mass is 16.3. The number of rotatable bonds is 51. The maximum atomic E-state index is 12.5. The summed E-state index contributed by atoms with van der Waals surface area (Å²) in [7, 11) is 0. The van der Waals surface area contributed by atoms with Crippen LogP contribution in [0.3, 0.4) is 0 Å². The highest BCUT2D eigenvalue weighted by molar-refractivity contribution is 5.76. The van der Waals surface area contributed by atoms with Crippen LogP contribution < -0.4 is 5.32 Å². The smallest absolute Gasteiger partial charge is 0.220 e. The van der Waals surface area contributed by atoms with Crippen molar-refractivity contribution in [2.45, 2.75) is 302 Å². The number of allylic oxidation sites excluding steroid dienone is 10. The van der Waals surface area contributed by atoms with Crippen molar-refractivity contribution in [3.05, 3.63) is 60.8 Å². The number of aliphatic hydroxyl groups is 2. The molecule has 0 saturated carbocycles. The highest BCUT2D eigenvalue weighted by Crippen LogP contribution is 2.17. The first-order valence-electron chi connectivity index (χ1n) is 28.0. The molecule has 0 aliphatic heterocycles. The van der Waals surface area contributed by atoms with E-state index in [9.17, 15) is 15.0 Å². The summed E-state index contributed by atoms with van der Waals surface area (Å²) in [5.74, 6) is -0.0333. The maximum Gasteiger partial charge on any atom is 0.220 e. The quantitative estimate of drug-likeness (QED) is 0.0421. The van der Waals surface area contributed by atoms with Crippen LogP contribution in [0.5, 0.6) is 0 Å². The second-order valence-corrected chi connectivity index (χ2v) is 19.0. The van der Waals surface area contributed by atoms with E-state index < -0.39 is 12.1 Å². The van der Waals surface area contributed by atoms with Crippen molar-refractivity contribution in [2.24, 2.45) is 0 Å². The lowest BCUT2D eigenvalue weighted by molar-refractivity contribution is -0.123. The number of aliphatic hydroxyl groups excluding tert-OH is 2. The Hall–Kier alpha value is -1.91. The molecule has 0 bridgehead atoms. The van der Waals surface area contributed by atoms with Crippen molar-refractivity contribution in [1.82, 2.24) is 5.32 Å². The fraction of sp³-hybridized carbons (Fsp3) is 0.814. The average molecular weight is 881 g/mol. The van der Waals surface area contributed by atoms with Crippen LogP contribution >= 0.6 is 0 Å². The van der Waals surface area contributed by atoms with Gasteiger partial charge >= 0.3 is 0 Å². The minimum absolute atomic E-state index is 0.0333. The Morgan fingerprint density at radius 2 is 0.698 bits per heavy atom. The Kier molecular flexibility index (Phi) is 52.8. The molecular weight excluding hydrogens is 771 g/mol. The van der Waals surface area contributed by atoms with Gasteiger partial charge in [0.2, 0.25) is 5.91 Å². The predicted octanol–water partition coefficient (Wildman–Crippen LogP) is 18.4. The Labute approximate surface area is 394 Å². The molecule has 1 amide bonds. The van der Waals surface area contributed by atoms with E-state index >= 15 is 0 Å². The minimum atomic E-state index is -0.664. The standard InChI is InChI=1S/C59H109NO3/c1-3-5-7-9-11-13-15-17-19-21-23-25-27-29-30-31-33-35-37-39-41-43-45-47-49-51-53-55-59(63)60-57(56-61)58(62)54-52-50-48-46-44-42-40-38-36-34-32-28-26-24-22-20-18-16-14-12-10-8-6-4-2/h5,7,11,13,17,19,23,25,29-30,57-58,61-62H,3-4,6,8-10,12,14-16,18,20-22,24,26-28,31-56H2,1-2H3,(H,60,63)/b7-5-,13-11-,19-17-,25-23-,30-29-. The topological polar surface area (TPSA) is 69.6 Å². The van der Waals surface area contributed by atoms with Gasteiger partial charge in [-0.05, 0) is 57.8 Å². The molecule has 0 aromatic rings. The van der Waals surface area contributed by atoms with Crippen LogP contribution in [0.2, 0.25) is 0 Å². The van der Waals surface area contributed by atoms with Crippen molar-refractivity contribution in [3.63, 3.8) is 0 Å². The molecule has 0 aliphatic rings. The lowest BCUT2D eigenvalue weighted by Gasteiger charge is -2.22. The molecule has 63 heavy (non-hydrogen) atoms. The summed E-state index contributed by atoms with van der Waals surface area (Å²) in [4.78, 5) is 12.5. The molecule has 0 aromatic heterocycles. The molecule has 2 atom stereocenters. The molecule has 0 fully saturated rings. The number of carbonyl (C=O) groups excluding carboxylic acids is 1. The van der Waals surface area contributed by atoms with Crippen molar-refractivity contribution in [2.75, 3.05) is 6.61 Å². The summed E-state index contributed by atoms with van der Waals surface area (Å²) in [5.41, 5.74) is 0. The Morgan fingerprint density at radius 1 is 0.397 bits per heavy atom. The largest absolute Gasteiger partial charge is 0.394 e. The lowest BCUT2D eigenvalue weighted by atomic mass is 10.0. The van der Waals surface area contributed by atoms with E-state index in [1.54, 1.807) is 0 Å². The van der Waals surface area contributed by atoms with E-state index in [1.165, 1.54) is 205 Å². The second kappa shape index (κ2) is 54.4. The van der Waals surface area contributed by atoms with Crippen molar-refractivity contribution in [3.8, 4) is 0 Å². The summed E-state index contributed by atoms with van der Waals surface area (Å²) in [6.07, 6.45) is 76.3. The number of hydrogen-bond donors (Lipinski definition) is 3. The number of amides is 1. The number of unbranched alkanes of at least 4 members (excludes halogenated alkanes) is 34. The molecule has 0 radical (unpaired) electrons. The molecule has 368 valence electrons. The zero-order valence-corrected chi connectivity index (χ0v) is 42.3. The first kappa shape index (κ1) is 61.1. The van der Waals surface area contributed by atoms with Crippen LogP contribution in [0.4, 0.5) is 0 Å². The molecule has 0 aromatic carbocycles. The van der Waals surface area contributed by atoms with Gasteiger partial charge < -0.3 is 15.5 Å². The third-order valence-corrected chi connectivity index (χ3v) is 12.8. The van der Waals surface area contributed by atoms with E-state index in [4.69, 9.17) is 0 Å². The monoisotopic (exact) mass is 880 g/mol. The number of hydrogen-bond acceptors (Lipinski definition) is 3. The number of carbonyl (C=O) groups is 1. The van der Waals surface area contributed by atoms with E-state index in [2.05, 4.69) is 79.9 Å². The van der Waals surface area contributed by atoms with Gasteiger partial charge in [0.25, 0.3) is 0 Å². The van der Waals surface area contributed by atoms with Gasteiger partial charge in [0.05, 0.1) is 18.8 Å². The van der Waals surface area contributed by atoms with Crippen molar-refractivity contribution >= 4 is 5.91 Å². The summed E-state index contributed by atoms with van der Waals surface area (Å²) in [5, 5.41) is 23.4. The van der Waals surface area contributed by atoms with Crippen LogP contribution in [-0.4, -0.2) is 34.9 Å². The Morgan fingerprint density at radius 3 is 1.05 bits per heavy atom. The Balaban J connectivity index is 3.48. The lowest BCUT2D eigenvalue weighted by Crippen LogP contribution is -2.45. The van der Waals surface area contributed by atoms with Crippen molar-refractivity contribution in [1.29, 1.82) is 0 Å². The Bertz CT molecular complexity index is 1040. The molecule has 0 rings (SSSR count). The molecule has 4 heteroatoms. The predicted molar refractivity (Wildman–Crippen MR) is 281 cm³/mol. The van der Waals surface area contributed by atoms with Crippen LogP contribution in [0, 0.1) is 0 Å². The molecular formula is C59H109NO3. The van der Waals surface area contributed by atoms with Gasteiger partial charge in [-0.25, -0.2) is 0 Å². The average Bonchev–Trinajstić information content (AvgIpc) is 3.29. The summed E-state index contributed by atoms with van der Waals surface area (Å²) >= 11 is 0. The maximum absolute atomic E-state index is 12.5. The normalized spacial score (nSPS) is 13.3. The van der Waals surface area contributed by atoms with E-state index in [-0.39, 0.29) is 12.5 Å². The SMILES string of the molecule is CC/C=C\C/C=C\C/C=C\C/C=C\C/C=C\CCCCCCCCCCCCCC(=O)NC(CO)C(O)CCCCCCCCCCCCCCCCCCCCCCCCCC. The third-order valence-electron chi connectivity index (χ3n) is 12.8. The van der Waals surface area contributed by atoms with Gasteiger partial charge in [0.1, 0.15) is 0 Å². The third kappa shape index (κ3) is 50.9. The van der Waals surface area contributed by atoms with Gasteiger partial charge in [-0.2, -0.15) is 0 Å². The van der Waals surface area contributed by atoms with E-state index in [1.807, 2.05) is 0 Å². The first-order valence-corrected chi connectivity index (χ1v) is 28.0. The summed E-state index contributed by atoms with van der Waals surface area (Å²) in [6, 6.07) is -0.542. The molecule has 0 spiro atoms. The van der Waals surface area contributed by atoms with Crippen LogP contribution in [-0.2, 0) is 4.79 Å². The van der Waals surface area contributed by atoms with Gasteiger partial charge in [-0.1, -0.05) is 286 Å². The van der Waals surface area contributed by atoms with Gasteiger partial charge in [0, 0.05) is 6.42 Å². The van der Waals surface area contributed by atoms with Gasteiger partial charge in [0.15, 0.2) is 0 Å². The highest BCUT2D eigenvalue weighted by Gasteiger charge is 2.20.